The molecule has 0 spiro atoms. The van der Waals surface area contributed by atoms with Gasteiger partial charge < -0.3 is 5.32 Å². The molecule has 0 aromatic heterocycles. The Hall–Kier alpha value is -3.07. The summed E-state index contributed by atoms with van der Waals surface area (Å²) in [5, 5.41) is 3.05. The maximum absolute atomic E-state index is 12.8. The highest BCUT2D eigenvalue weighted by molar-refractivity contribution is 9.10. The van der Waals surface area contributed by atoms with E-state index < -0.39 is 23.5 Å². The summed E-state index contributed by atoms with van der Waals surface area (Å²) in [4.78, 5) is 4.13. The topological polar surface area (TPSA) is 24.4 Å². The van der Waals surface area contributed by atoms with E-state index in [1.807, 2.05) is 0 Å². The Balaban J connectivity index is 1.85. The van der Waals surface area contributed by atoms with Crippen LogP contribution in [0.25, 0.3) is 5.70 Å². The fourth-order valence-corrected chi connectivity index (χ4v) is 2.94. The van der Waals surface area contributed by atoms with Gasteiger partial charge in [0.1, 0.15) is 0 Å². The zero-order chi connectivity index (χ0) is 23.4. The van der Waals surface area contributed by atoms with Crippen molar-refractivity contribution in [3.05, 3.63) is 100 Å². The van der Waals surface area contributed by atoms with Gasteiger partial charge in [0.2, 0.25) is 0 Å². The minimum absolute atomic E-state index is 0.318. The van der Waals surface area contributed by atoms with Crippen LogP contribution in [0.1, 0.15) is 16.7 Å². The normalized spacial score (nSPS) is 12.9. The number of allylic oxidation sites excluding steroid dienone is 1. The van der Waals surface area contributed by atoms with Crippen LogP contribution in [0.15, 0.2) is 88.3 Å². The van der Waals surface area contributed by atoms with Crippen LogP contribution >= 0.6 is 15.9 Å². The average molecular weight is 513 g/mol. The molecule has 0 aliphatic heterocycles. The van der Waals surface area contributed by atoms with Crippen molar-refractivity contribution in [1.29, 1.82) is 0 Å². The summed E-state index contributed by atoms with van der Waals surface area (Å²) in [5.74, 6) is 0. The molecule has 3 rings (SSSR count). The van der Waals surface area contributed by atoms with Crippen molar-refractivity contribution < 1.29 is 26.3 Å². The molecule has 0 aliphatic rings. The number of aliphatic imine (C=N–C) groups is 1. The van der Waals surface area contributed by atoms with Gasteiger partial charge in [-0.15, -0.1) is 0 Å². The Morgan fingerprint density at radius 1 is 0.719 bits per heavy atom. The lowest BCUT2D eigenvalue weighted by atomic mass is 10.1. The van der Waals surface area contributed by atoms with Gasteiger partial charge in [-0.2, -0.15) is 26.3 Å². The minimum Gasteiger partial charge on any atom is -0.355 e. The van der Waals surface area contributed by atoms with Crippen LogP contribution in [0.5, 0.6) is 0 Å². The fraction of sp³-hybridized carbons (Fsp3) is 0.0870. The first kappa shape index (κ1) is 23.6. The first-order valence-corrected chi connectivity index (χ1v) is 9.93. The van der Waals surface area contributed by atoms with Crippen molar-refractivity contribution in [3.8, 4) is 0 Å². The summed E-state index contributed by atoms with van der Waals surface area (Å²) in [5.41, 5.74) is 0.474. The van der Waals surface area contributed by atoms with Gasteiger partial charge >= 0.3 is 12.4 Å². The summed E-state index contributed by atoms with van der Waals surface area (Å²) in [6.07, 6.45) is -5.88. The van der Waals surface area contributed by atoms with Crippen LogP contribution in [0.2, 0.25) is 0 Å². The Morgan fingerprint density at radius 3 is 1.72 bits per heavy atom. The van der Waals surface area contributed by atoms with Gasteiger partial charge in [0.05, 0.1) is 16.8 Å². The molecule has 166 valence electrons. The second-order valence-corrected chi connectivity index (χ2v) is 7.53. The predicted octanol–water partition coefficient (Wildman–Crippen LogP) is 8.34. The lowest BCUT2D eigenvalue weighted by molar-refractivity contribution is -0.138. The zero-order valence-corrected chi connectivity index (χ0v) is 17.8. The fourth-order valence-electron chi connectivity index (χ4n) is 2.67. The molecule has 0 aliphatic carbocycles. The van der Waals surface area contributed by atoms with Gasteiger partial charge in [-0.3, -0.25) is 4.99 Å². The van der Waals surface area contributed by atoms with Crippen LogP contribution in [0.4, 0.5) is 37.7 Å². The molecule has 3 aromatic carbocycles. The second kappa shape index (κ2) is 9.60. The van der Waals surface area contributed by atoms with Gasteiger partial charge in [0.25, 0.3) is 0 Å². The van der Waals surface area contributed by atoms with Gasteiger partial charge in [-0.25, -0.2) is 0 Å². The van der Waals surface area contributed by atoms with Crippen molar-refractivity contribution in [1.82, 2.24) is 0 Å². The summed E-state index contributed by atoms with van der Waals surface area (Å²) in [7, 11) is 0. The van der Waals surface area contributed by atoms with Crippen molar-refractivity contribution in [2.24, 2.45) is 4.99 Å². The molecule has 0 atom stereocenters. The highest BCUT2D eigenvalue weighted by atomic mass is 79.9. The third-order valence-corrected chi connectivity index (χ3v) is 4.83. The summed E-state index contributed by atoms with van der Waals surface area (Å²) >= 11 is 3.34. The number of nitrogens with zero attached hydrogens (tertiary/aromatic N) is 1. The van der Waals surface area contributed by atoms with Gasteiger partial charge in [0.15, 0.2) is 0 Å². The molecule has 0 saturated carbocycles. The number of hydrogen-bond donors (Lipinski definition) is 1. The van der Waals surface area contributed by atoms with Crippen LogP contribution in [-0.4, -0.2) is 6.21 Å². The summed E-state index contributed by atoms with van der Waals surface area (Å²) in [6, 6.07) is 16.1. The van der Waals surface area contributed by atoms with E-state index >= 15 is 0 Å². The van der Waals surface area contributed by atoms with E-state index in [-0.39, 0.29) is 0 Å². The highest BCUT2D eigenvalue weighted by Crippen LogP contribution is 2.31. The van der Waals surface area contributed by atoms with Crippen LogP contribution < -0.4 is 5.32 Å². The number of rotatable bonds is 5. The molecule has 2 nitrogen and oxygen atoms in total. The van der Waals surface area contributed by atoms with Crippen molar-refractivity contribution in [2.45, 2.75) is 12.4 Å². The third-order valence-electron chi connectivity index (χ3n) is 4.31. The van der Waals surface area contributed by atoms with Crippen molar-refractivity contribution >= 4 is 39.2 Å². The molecular weight excluding hydrogens is 498 g/mol. The summed E-state index contributed by atoms with van der Waals surface area (Å²) < 4.78 is 77.2. The Bertz CT molecular complexity index is 1100. The highest BCUT2D eigenvalue weighted by Gasteiger charge is 2.30. The average Bonchev–Trinajstić information content (AvgIpc) is 2.73. The maximum Gasteiger partial charge on any atom is 0.416 e. The molecular formula is C23H15BrF6N2. The molecule has 0 amide bonds. The molecule has 0 radical (unpaired) electrons. The number of anilines is 1. The van der Waals surface area contributed by atoms with E-state index in [9.17, 15) is 26.3 Å². The number of hydrogen-bond acceptors (Lipinski definition) is 2. The Morgan fingerprint density at radius 2 is 1.22 bits per heavy atom. The number of benzene rings is 3. The van der Waals surface area contributed by atoms with E-state index in [1.165, 1.54) is 30.5 Å². The molecule has 32 heavy (non-hydrogen) atoms. The molecule has 3 aromatic rings. The van der Waals surface area contributed by atoms with Crippen LogP contribution in [0.3, 0.4) is 0 Å². The van der Waals surface area contributed by atoms with E-state index in [0.717, 1.165) is 34.3 Å². The first-order chi connectivity index (χ1) is 15.0. The molecule has 0 bridgehead atoms. The quantitative estimate of drug-likeness (QED) is 0.269. The molecule has 9 heteroatoms. The van der Waals surface area contributed by atoms with Crippen molar-refractivity contribution in [2.75, 3.05) is 5.32 Å². The third kappa shape index (κ3) is 6.46. The lowest BCUT2D eigenvalue weighted by Gasteiger charge is -2.13. The number of halogens is 7. The smallest absolute Gasteiger partial charge is 0.355 e. The maximum atomic E-state index is 12.8. The Kier molecular flexibility index (Phi) is 7.08. The van der Waals surface area contributed by atoms with E-state index in [2.05, 4.69) is 26.2 Å². The lowest BCUT2D eigenvalue weighted by Crippen LogP contribution is -2.05. The van der Waals surface area contributed by atoms with Crippen molar-refractivity contribution in [3.63, 3.8) is 0 Å². The van der Waals surface area contributed by atoms with Gasteiger partial charge in [-0.05, 0) is 72.3 Å². The van der Waals surface area contributed by atoms with Crippen LogP contribution in [0, 0.1) is 0 Å². The molecule has 1 N–H and O–H groups in total. The molecule has 0 saturated heterocycles. The standard InChI is InChI=1S/C23H15BrF6N2/c24-18-7-1-15(2-8-18)21(32-20-11-5-17(6-12-20)23(28,29)30)13-14-31-19-9-3-16(4-10-19)22(25,26)27/h1-14,32H/b21-13-,31-14?. The van der Waals surface area contributed by atoms with Gasteiger partial charge in [0, 0.05) is 22.1 Å². The van der Waals surface area contributed by atoms with Gasteiger partial charge in [-0.1, -0.05) is 28.1 Å². The number of nitrogens with one attached hydrogen (secondary N) is 1. The molecule has 0 fully saturated rings. The first-order valence-electron chi connectivity index (χ1n) is 9.14. The molecule has 0 unspecified atom stereocenters. The summed E-state index contributed by atoms with van der Waals surface area (Å²) in [6.45, 7) is 0. The SMILES string of the molecule is FC(F)(F)c1ccc(N=C/C=C(\Nc2ccc(C(F)(F)F)cc2)c2ccc(Br)cc2)cc1. The van der Waals surface area contributed by atoms with E-state index in [0.29, 0.717) is 17.1 Å². The largest absolute Gasteiger partial charge is 0.416 e. The predicted molar refractivity (Wildman–Crippen MR) is 117 cm³/mol. The molecule has 0 heterocycles. The number of alkyl halides is 6. The van der Waals surface area contributed by atoms with E-state index in [4.69, 9.17) is 0 Å². The van der Waals surface area contributed by atoms with E-state index in [1.54, 1.807) is 30.3 Å². The van der Waals surface area contributed by atoms with Crippen LogP contribution in [-0.2, 0) is 12.4 Å². The zero-order valence-electron chi connectivity index (χ0n) is 16.2. The minimum atomic E-state index is -4.43. The second-order valence-electron chi connectivity index (χ2n) is 6.61. The monoisotopic (exact) mass is 512 g/mol. The Labute approximate surface area is 188 Å².